The summed E-state index contributed by atoms with van der Waals surface area (Å²) in [4.78, 5) is 23.1. The fourth-order valence-electron chi connectivity index (χ4n) is 3.60. The van der Waals surface area contributed by atoms with Crippen LogP contribution >= 0.6 is 0 Å². The minimum absolute atomic E-state index is 0.239. The summed E-state index contributed by atoms with van der Waals surface area (Å²) < 4.78 is 14.5. The molecule has 0 bridgehead atoms. The molecule has 0 aliphatic heterocycles. The lowest BCUT2D eigenvalue weighted by Crippen LogP contribution is -2.21. The Bertz CT molecular complexity index is 391. The van der Waals surface area contributed by atoms with Gasteiger partial charge in [0.1, 0.15) is 0 Å². The van der Waals surface area contributed by atoms with Crippen LogP contribution in [0.25, 0.3) is 0 Å². The van der Waals surface area contributed by atoms with Gasteiger partial charge in [-0.15, -0.1) is 0 Å². The molecule has 0 N–H and O–H groups in total. The van der Waals surface area contributed by atoms with E-state index in [-0.39, 0.29) is 24.0 Å². The lowest BCUT2D eigenvalue weighted by molar-refractivity contribution is 0.0332. The zero-order valence-corrected chi connectivity index (χ0v) is 18.9. The van der Waals surface area contributed by atoms with Gasteiger partial charge in [-0.3, -0.25) is 0 Å². The lowest BCUT2D eigenvalue weighted by atomic mass is 9.77. The van der Waals surface area contributed by atoms with Gasteiger partial charge in [-0.2, -0.15) is 0 Å². The van der Waals surface area contributed by atoms with E-state index >= 15 is 0 Å². The Morgan fingerprint density at radius 2 is 1.04 bits per heavy atom. The van der Waals surface area contributed by atoms with Gasteiger partial charge >= 0.3 is 12.3 Å². The molecule has 2 unspecified atom stereocenters. The Morgan fingerprint density at radius 3 is 1.30 bits per heavy atom. The Kier molecular flexibility index (Phi) is 11.7. The van der Waals surface area contributed by atoms with Crippen molar-refractivity contribution in [2.75, 3.05) is 13.2 Å². The molecule has 0 rings (SSSR count). The van der Waals surface area contributed by atoms with Crippen molar-refractivity contribution in [3.63, 3.8) is 0 Å². The average molecular weight is 387 g/mol. The highest BCUT2D eigenvalue weighted by Crippen LogP contribution is 2.32. The molecule has 2 atom stereocenters. The number of hydrogen-bond acceptors (Lipinski definition) is 5. The highest BCUT2D eigenvalue weighted by molar-refractivity contribution is 5.76. The van der Waals surface area contributed by atoms with E-state index in [0.29, 0.717) is 11.8 Å². The van der Waals surface area contributed by atoms with Crippen LogP contribution in [0.1, 0.15) is 93.9 Å². The SMILES string of the molecule is CCC(CCCOC(=O)OC(=O)OCCCC(CC)C(C)(C)C)C(C)(C)C. The minimum Gasteiger partial charge on any atom is -0.434 e. The molecule has 5 heteroatoms. The van der Waals surface area contributed by atoms with Crippen molar-refractivity contribution in [1.29, 1.82) is 0 Å². The Hall–Kier alpha value is -1.26. The van der Waals surface area contributed by atoms with Crippen LogP contribution in [0.5, 0.6) is 0 Å². The minimum atomic E-state index is -0.982. The summed E-state index contributed by atoms with van der Waals surface area (Å²) in [7, 11) is 0. The quantitative estimate of drug-likeness (QED) is 0.230. The predicted molar refractivity (Wildman–Crippen MR) is 109 cm³/mol. The molecule has 0 aromatic rings. The van der Waals surface area contributed by atoms with Crippen molar-refractivity contribution in [2.45, 2.75) is 93.9 Å². The first-order chi connectivity index (χ1) is 12.4. The van der Waals surface area contributed by atoms with Gasteiger partial charge in [0.25, 0.3) is 0 Å². The van der Waals surface area contributed by atoms with Gasteiger partial charge < -0.3 is 14.2 Å². The van der Waals surface area contributed by atoms with Crippen molar-refractivity contribution < 1.29 is 23.8 Å². The van der Waals surface area contributed by atoms with Gasteiger partial charge in [0.05, 0.1) is 13.2 Å². The fraction of sp³-hybridized carbons (Fsp3) is 0.909. The van der Waals surface area contributed by atoms with Crippen molar-refractivity contribution in [2.24, 2.45) is 22.7 Å². The van der Waals surface area contributed by atoms with Crippen LogP contribution in [0.15, 0.2) is 0 Å². The van der Waals surface area contributed by atoms with Gasteiger partial charge in [-0.25, -0.2) is 9.59 Å². The van der Waals surface area contributed by atoms with Crippen molar-refractivity contribution >= 4 is 12.3 Å². The Labute approximate surface area is 166 Å². The first-order valence-corrected chi connectivity index (χ1v) is 10.4. The van der Waals surface area contributed by atoms with Crippen LogP contribution < -0.4 is 0 Å². The number of carbonyl (C=O) groups is 2. The van der Waals surface area contributed by atoms with Gasteiger partial charge in [0.15, 0.2) is 0 Å². The zero-order valence-electron chi connectivity index (χ0n) is 18.9. The maximum absolute atomic E-state index is 11.5. The largest absolute Gasteiger partial charge is 0.518 e. The van der Waals surface area contributed by atoms with Gasteiger partial charge in [0.2, 0.25) is 0 Å². The third kappa shape index (κ3) is 11.9. The second-order valence-corrected chi connectivity index (χ2v) is 9.53. The topological polar surface area (TPSA) is 61.8 Å². The molecule has 0 radical (unpaired) electrons. The predicted octanol–water partition coefficient (Wildman–Crippen LogP) is 6.98. The molecular formula is C22H42O5. The van der Waals surface area contributed by atoms with Crippen LogP contribution in [0.3, 0.4) is 0 Å². The molecule has 27 heavy (non-hydrogen) atoms. The molecule has 0 fully saturated rings. The van der Waals surface area contributed by atoms with E-state index in [2.05, 4.69) is 60.1 Å². The van der Waals surface area contributed by atoms with Crippen LogP contribution in [0, 0.1) is 22.7 Å². The number of hydrogen-bond donors (Lipinski definition) is 0. The monoisotopic (exact) mass is 386 g/mol. The third-order valence-corrected chi connectivity index (χ3v) is 5.44. The summed E-state index contributed by atoms with van der Waals surface area (Å²) in [6.45, 7) is 18.2. The van der Waals surface area contributed by atoms with Gasteiger partial charge in [0, 0.05) is 0 Å². The maximum Gasteiger partial charge on any atom is 0.518 e. The summed E-state index contributed by atoms with van der Waals surface area (Å²) in [6.07, 6.45) is 3.68. The summed E-state index contributed by atoms with van der Waals surface area (Å²) in [5, 5.41) is 0. The molecule has 160 valence electrons. The second-order valence-electron chi connectivity index (χ2n) is 9.53. The molecule has 0 aliphatic rings. The van der Waals surface area contributed by atoms with Crippen molar-refractivity contribution in [3.8, 4) is 0 Å². The van der Waals surface area contributed by atoms with E-state index in [1.54, 1.807) is 0 Å². The zero-order chi connectivity index (χ0) is 21.1. The summed E-state index contributed by atoms with van der Waals surface area (Å²) in [6, 6.07) is 0. The second kappa shape index (κ2) is 12.2. The van der Waals surface area contributed by atoms with E-state index in [1.807, 2.05) is 0 Å². The smallest absolute Gasteiger partial charge is 0.434 e. The summed E-state index contributed by atoms with van der Waals surface area (Å²) in [5.74, 6) is 1.14. The van der Waals surface area contributed by atoms with Crippen LogP contribution in [0.2, 0.25) is 0 Å². The molecule has 0 aromatic carbocycles. The molecule has 0 saturated carbocycles. The lowest BCUT2D eigenvalue weighted by Gasteiger charge is -2.29. The molecule has 0 saturated heterocycles. The van der Waals surface area contributed by atoms with Crippen LogP contribution in [0.4, 0.5) is 9.59 Å². The van der Waals surface area contributed by atoms with Gasteiger partial charge in [-0.05, 0) is 48.3 Å². The standard InChI is InChI=1S/C22H42O5/c1-9-17(21(3,4)5)13-11-15-25-19(23)27-20(24)26-16-12-14-18(10-2)22(6,7)8/h17-18H,9-16H2,1-8H3. The van der Waals surface area contributed by atoms with E-state index in [0.717, 1.165) is 38.5 Å². The molecule has 0 amide bonds. The molecule has 0 aliphatic carbocycles. The summed E-state index contributed by atoms with van der Waals surface area (Å²) >= 11 is 0. The van der Waals surface area contributed by atoms with E-state index in [1.165, 1.54) is 0 Å². The molecule has 5 nitrogen and oxygen atoms in total. The van der Waals surface area contributed by atoms with Crippen molar-refractivity contribution in [1.82, 2.24) is 0 Å². The van der Waals surface area contributed by atoms with Crippen LogP contribution in [-0.4, -0.2) is 25.5 Å². The average Bonchev–Trinajstić information content (AvgIpc) is 2.52. The highest BCUT2D eigenvalue weighted by Gasteiger charge is 2.23. The van der Waals surface area contributed by atoms with E-state index in [4.69, 9.17) is 9.47 Å². The normalized spacial score (nSPS) is 14.4. The van der Waals surface area contributed by atoms with Crippen molar-refractivity contribution in [3.05, 3.63) is 0 Å². The first kappa shape index (κ1) is 25.7. The third-order valence-electron chi connectivity index (χ3n) is 5.44. The van der Waals surface area contributed by atoms with Gasteiger partial charge in [-0.1, -0.05) is 68.2 Å². The van der Waals surface area contributed by atoms with E-state index in [9.17, 15) is 9.59 Å². The van der Waals surface area contributed by atoms with Crippen LogP contribution in [-0.2, 0) is 14.2 Å². The maximum atomic E-state index is 11.5. The number of rotatable bonds is 10. The molecule has 0 spiro atoms. The first-order valence-electron chi connectivity index (χ1n) is 10.4. The van der Waals surface area contributed by atoms with E-state index < -0.39 is 12.3 Å². The number of ether oxygens (including phenoxy) is 3. The number of carbonyl (C=O) groups excluding carboxylic acids is 2. The molecule has 0 aromatic heterocycles. The molecular weight excluding hydrogens is 344 g/mol. The molecule has 0 heterocycles. The Morgan fingerprint density at radius 1 is 0.704 bits per heavy atom. The Balaban J connectivity index is 3.92. The fourth-order valence-corrected chi connectivity index (χ4v) is 3.60. The highest BCUT2D eigenvalue weighted by atomic mass is 16.8. The summed E-state index contributed by atoms with van der Waals surface area (Å²) in [5.41, 5.74) is 0.478.